The summed E-state index contributed by atoms with van der Waals surface area (Å²) in [5.74, 6) is 0.389. The van der Waals surface area contributed by atoms with E-state index in [-0.39, 0.29) is 23.5 Å². The molecule has 0 amide bonds. The SMILES string of the molecule is COc1cc(/C=C2\N=C(c3ccc(F)cc3)OC2=O)ccc1OC(C)C. The molecule has 0 fully saturated rings. The fraction of sp³-hybridized carbons (Fsp3) is 0.200. The van der Waals surface area contributed by atoms with E-state index in [0.717, 1.165) is 0 Å². The van der Waals surface area contributed by atoms with Crippen LogP contribution in [-0.2, 0) is 9.53 Å². The van der Waals surface area contributed by atoms with Crippen molar-refractivity contribution in [2.75, 3.05) is 7.11 Å². The summed E-state index contributed by atoms with van der Waals surface area (Å²) in [6.07, 6.45) is 1.61. The number of ether oxygens (including phenoxy) is 3. The Labute approximate surface area is 150 Å². The summed E-state index contributed by atoms with van der Waals surface area (Å²) in [5.41, 5.74) is 1.40. The molecule has 2 aromatic carbocycles. The van der Waals surface area contributed by atoms with Gasteiger partial charge in [0.05, 0.1) is 13.2 Å². The summed E-state index contributed by atoms with van der Waals surface area (Å²) in [7, 11) is 1.55. The van der Waals surface area contributed by atoms with Crippen LogP contribution in [0.5, 0.6) is 11.5 Å². The number of halogens is 1. The van der Waals surface area contributed by atoms with Crippen molar-refractivity contribution in [1.82, 2.24) is 0 Å². The first kappa shape index (κ1) is 17.7. The minimum absolute atomic E-state index is 0.0146. The largest absolute Gasteiger partial charge is 0.493 e. The fourth-order valence-electron chi connectivity index (χ4n) is 2.41. The van der Waals surface area contributed by atoms with E-state index < -0.39 is 5.97 Å². The molecule has 1 aliphatic heterocycles. The van der Waals surface area contributed by atoms with E-state index in [1.165, 1.54) is 24.3 Å². The van der Waals surface area contributed by atoms with Crippen molar-refractivity contribution in [3.8, 4) is 11.5 Å². The van der Waals surface area contributed by atoms with E-state index >= 15 is 0 Å². The number of hydrogen-bond acceptors (Lipinski definition) is 5. The molecule has 1 aliphatic rings. The molecule has 26 heavy (non-hydrogen) atoms. The number of hydrogen-bond donors (Lipinski definition) is 0. The molecule has 0 spiro atoms. The highest BCUT2D eigenvalue weighted by Crippen LogP contribution is 2.30. The van der Waals surface area contributed by atoms with Gasteiger partial charge < -0.3 is 14.2 Å². The van der Waals surface area contributed by atoms with Crippen LogP contribution in [0.3, 0.4) is 0 Å². The summed E-state index contributed by atoms with van der Waals surface area (Å²) in [4.78, 5) is 16.3. The van der Waals surface area contributed by atoms with Gasteiger partial charge in [0.2, 0.25) is 5.90 Å². The van der Waals surface area contributed by atoms with Crippen LogP contribution in [0.4, 0.5) is 4.39 Å². The number of esters is 1. The Morgan fingerprint density at radius 2 is 1.85 bits per heavy atom. The van der Waals surface area contributed by atoms with Crippen LogP contribution < -0.4 is 9.47 Å². The Morgan fingerprint density at radius 3 is 2.50 bits per heavy atom. The summed E-state index contributed by atoms with van der Waals surface area (Å²) < 4.78 is 29.2. The van der Waals surface area contributed by atoms with Crippen LogP contribution >= 0.6 is 0 Å². The second kappa shape index (κ2) is 7.39. The standard InChI is InChI=1S/C20H18FNO4/c1-12(2)25-17-9-4-13(11-18(17)24-3)10-16-20(23)26-19(22-16)14-5-7-15(21)8-6-14/h4-12H,1-3H3/b16-10-. The number of nitrogens with zero attached hydrogens (tertiary/aromatic N) is 1. The van der Waals surface area contributed by atoms with Crippen LogP contribution in [0.1, 0.15) is 25.0 Å². The molecule has 2 aromatic rings. The average Bonchev–Trinajstić information content (AvgIpc) is 2.97. The number of carbonyl (C=O) groups is 1. The first-order valence-corrected chi connectivity index (χ1v) is 8.09. The maximum Gasteiger partial charge on any atom is 0.363 e. The zero-order valence-corrected chi connectivity index (χ0v) is 14.7. The number of aliphatic imine (C=N–C) groups is 1. The molecule has 0 aliphatic carbocycles. The third-order valence-electron chi connectivity index (χ3n) is 3.57. The van der Waals surface area contributed by atoms with E-state index in [0.29, 0.717) is 22.6 Å². The predicted molar refractivity (Wildman–Crippen MR) is 95.8 cm³/mol. The average molecular weight is 355 g/mol. The van der Waals surface area contributed by atoms with Gasteiger partial charge in [0.1, 0.15) is 5.82 Å². The number of cyclic esters (lactones) is 1. The smallest absolute Gasteiger partial charge is 0.363 e. The molecule has 0 bridgehead atoms. The fourth-order valence-corrected chi connectivity index (χ4v) is 2.41. The lowest BCUT2D eigenvalue weighted by Gasteiger charge is -2.13. The van der Waals surface area contributed by atoms with E-state index in [9.17, 15) is 9.18 Å². The Morgan fingerprint density at radius 1 is 1.12 bits per heavy atom. The monoisotopic (exact) mass is 355 g/mol. The maximum atomic E-state index is 13.0. The quantitative estimate of drug-likeness (QED) is 0.602. The lowest BCUT2D eigenvalue weighted by Crippen LogP contribution is -2.06. The van der Waals surface area contributed by atoms with E-state index in [2.05, 4.69) is 4.99 Å². The molecule has 0 unspecified atom stereocenters. The molecule has 0 aromatic heterocycles. The molecule has 0 saturated heterocycles. The summed E-state index contributed by atoms with van der Waals surface area (Å²) in [6, 6.07) is 10.9. The van der Waals surface area contributed by atoms with Gasteiger partial charge in [-0.2, -0.15) is 0 Å². The lowest BCUT2D eigenvalue weighted by molar-refractivity contribution is -0.129. The molecule has 0 atom stereocenters. The molecule has 6 heteroatoms. The van der Waals surface area contributed by atoms with Crippen LogP contribution in [0.15, 0.2) is 53.2 Å². The van der Waals surface area contributed by atoms with Crippen molar-refractivity contribution in [2.45, 2.75) is 20.0 Å². The van der Waals surface area contributed by atoms with Gasteiger partial charge in [-0.25, -0.2) is 14.2 Å². The number of carbonyl (C=O) groups excluding carboxylic acids is 1. The topological polar surface area (TPSA) is 57.1 Å². The number of rotatable bonds is 5. The van der Waals surface area contributed by atoms with Gasteiger partial charge >= 0.3 is 5.97 Å². The second-order valence-corrected chi connectivity index (χ2v) is 5.92. The van der Waals surface area contributed by atoms with E-state index in [1.54, 1.807) is 31.4 Å². The van der Waals surface area contributed by atoms with Crippen molar-refractivity contribution in [3.05, 3.63) is 65.1 Å². The van der Waals surface area contributed by atoms with Gasteiger partial charge in [-0.1, -0.05) is 6.07 Å². The number of benzene rings is 2. The summed E-state index contributed by atoms with van der Waals surface area (Å²) in [6.45, 7) is 3.85. The molecule has 3 rings (SSSR count). The molecule has 0 radical (unpaired) electrons. The zero-order valence-electron chi connectivity index (χ0n) is 14.7. The predicted octanol–water partition coefficient (Wildman–Crippen LogP) is 3.97. The van der Waals surface area contributed by atoms with Gasteiger partial charge in [-0.3, -0.25) is 0 Å². The van der Waals surface area contributed by atoms with Crippen LogP contribution in [0.25, 0.3) is 6.08 Å². The van der Waals surface area contributed by atoms with E-state index in [1.807, 2.05) is 13.8 Å². The maximum absolute atomic E-state index is 13.0. The van der Waals surface area contributed by atoms with Crippen molar-refractivity contribution < 1.29 is 23.4 Å². The molecular formula is C20H18FNO4. The minimum atomic E-state index is -0.564. The van der Waals surface area contributed by atoms with Crippen molar-refractivity contribution >= 4 is 17.9 Å². The van der Waals surface area contributed by atoms with Gasteiger partial charge in [0.25, 0.3) is 0 Å². The zero-order chi connectivity index (χ0) is 18.7. The molecule has 5 nitrogen and oxygen atoms in total. The third kappa shape index (κ3) is 3.91. The molecule has 0 saturated carbocycles. The van der Waals surface area contributed by atoms with Crippen LogP contribution in [0.2, 0.25) is 0 Å². The second-order valence-electron chi connectivity index (χ2n) is 5.92. The van der Waals surface area contributed by atoms with E-state index in [4.69, 9.17) is 14.2 Å². The molecule has 1 heterocycles. The number of methoxy groups -OCH3 is 1. The highest BCUT2D eigenvalue weighted by Gasteiger charge is 2.24. The van der Waals surface area contributed by atoms with Crippen molar-refractivity contribution in [3.63, 3.8) is 0 Å². The first-order chi connectivity index (χ1) is 12.5. The minimum Gasteiger partial charge on any atom is -0.493 e. The van der Waals surface area contributed by atoms with Gasteiger partial charge in [-0.05, 0) is 61.9 Å². The summed E-state index contributed by atoms with van der Waals surface area (Å²) in [5, 5.41) is 0. The van der Waals surface area contributed by atoms with Crippen molar-refractivity contribution in [1.29, 1.82) is 0 Å². The van der Waals surface area contributed by atoms with Gasteiger partial charge in [0.15, 0.2) is 17.2 Å². The Hall–Kier alpha value is -3.15. The Bertz CT molecular complexity index is 885. The van der Waals surface area contributed by atoms with Crippen LogP contribution in [0, 0.1) is 5.82 Å². The van der Waals surface area contributed by atoms with Gasteiger partial charge in [0, 0.05) is 5.56 Å². The lowest BCUT2D eigenvalue weighted by atomic mass is 10.1. The highest BCUT2D eigenvalue weighted by atomic mass is 19.1. The van der Waals surface area contributed by atoms with Crippen molar-refractivity contribution in [2.24, 2.45) is 4.99 Å². The normalized spacial score (nSPS) is 15.2. The Balaban J connectivity index is 1.89. The Kier molecular flexibility index (Phi) is 5.02. The summed E-state index contributed by atoms with van der Waals surface area (Å²) >= 11 is 0. The van der Waals surface area contributed by atoms with Gasteiger partial charge in [-0.15, -0.1) is 0 Å². The third-order valence-corrected chi connectivity index (χ3v) is 3.57. The molecule has 0 N–H and O–H groups in total. The highest BCUT2D eigenvalue weighted by molar-refractivity contribution is 6.12. The first-order valence-electron chi connectivity index (χ1n) is 8.09. The van der Waals surface area contributed by atoms with Crippen LogP contribution in [-0.4, -0.2) is 25.1 Å². The molecular weight excluding hydrogens is 337 g/mol. The molecule has 134 valence electrons.